The van der Waals surface area contributed by atoms with Crippen molar-refractivity contribution in [3.05, 3.63) is 40.3 Å². The van der Waals surface area contributed by atoms with Gasteiger partial charge in [-0.25, -0.2) is 4.39 Å². The monoisotopic (exact) mass is 324 g/mol. The third kappa shape index (κ3) is 3.07. The molecule has 0 aliphatic heterocycles. The van der Waals surface area contributed by atoms with Gasteiger partial charge in [-0.3, -0.25) is 10.1 Å². The first-order valence-electron chi connectivity index (χ1n) is 5.22. The summed E-state index contributed by atoms with van der Waals surface area (Å²) in [6.07, 6.45) is -4.86. The molecule has 0 aliphatic rings. The predicted octanol–water partition coefficient (Wildman–Crippen LogP) is 3.44. The van der Waals surface area contributed by atoms with Crippen LogP contribution in [0.15, 0.2) is 22.7 Å². The molecule has 2 rings (SSSR count). The van der Waals surface area contributed by atoms with Crippen LogP contribution in [0.25, 0.3) is 0 Å². The zero-order valence-electron chi connectivity index (χ0n) is 9.83. The molecule has 2 aromatic rings. The molecule has 0 saturated carbocycles. The summed E-state index contributed by atoms with van der Waals surface area (Å²) in [5, 5.41) is 13.0. The molecule has 0 aliphatic carbocycles. The van der Waals surface area contributed by atoms with Gasteiger partial charge in [0, 0.05) is 0 Å². The van der Waals surface area contributed by atoms with E-state index in [4.69, 9.17) is 11.6 Å². The van der Waals surface area contributed by atoms with E-state index in [1.165, 1.54) is 0 Å². The second kappa shape index (κ2) is 5.24. The van der Waals surface area contributed by atoms with Gasteiger partial charge in [0.1, 0.15) is 16.6 Å². The van der Waals surface area contributed by atoms with Gasteiger partial charge in [0.2, 0.25) is 5.69 Å². The normalized spacial score (nSPS) is 11.5. The number of alkyl halides is 3. The summed E-state index contributed by atoms with van der Waals surface area (Å²) < 4.78 is 54.5. The molecule has 0 unspecified atom stereocenters. The number of hydrogen-bond acceptors (Lipinski definition) is 4. The Balaban J connectivity index is 2.29. The number of halogens is 5. The number of rotatable bonds is 2. The third-order valence-electron chi connectivity index (χ3n) is 2.33. The Morgan fingerprint density at radius 2 is 2.05 bits per heavy atom. The summed E-state index contributed by atoms with van der Waals surface area (Å²) in [5.41, 5.74) is -2.01. The predicted molar refractivity (Wildman–Crippen MR) is 62.5 cm³/mol. The number of phenols is 1. The number of aromatic hydroxyl groups is 1. The van der Waals surface area contributed by atoms with E-state index in [-0.39, 0.29) is 0 Å². The smallest absolute Gasteiger partial charge is 0.438 e. The number of amides is 1. The van der Waals surface area contributed by atoms with Crippen molar-refractivity contribution in [2.24, 2.45) is 0 Å². The Kier molecular flexibility index (Phi) is 3.77. The molecular weight excluding hydrogens is 320 g/mol. The molecule has 0 spiro atoms. The lowest BCUT2D eigenvalue weighted by molar-refractivity contribution is -0.142. The maximum Gasteiger partial charge on any atom is 0.438 e. The molecule has 10 heteroatoms. The molecule has 21 heavy (non-hydrogen) atoms. The standard InChI is InChI=1S/C11H5ClF4N2O3/c12-7-8(11(14,15)16)18-21-10(7)17-9(20)5-3-4(13)1-2-6(5)19/h1-3,19H,(H,17,20). The topological polar surface area (TPSA) is 75.4 Å². The molecule has 2 N–H and O–H groups in total. The molecule has 0 bridgehead atoms. The highest BCUT2D eigenvalue weighted by atomic mass is 35.5. The van der Waals surface area contributed by atoms with Crippen molar-refractivity contribution in [1.29, 1.82) is 0 Å². The molecule has 112 valence electrons. The second-order valence-electron chi connectivity index (χ2n) is 3.79. The number of anilines is 1. The van der Waals surface area contributed by atoms with Gasteiger partial charge >= 0.3 is 6.18 Å². The van der Waals surface area contributed by atoms with Crippen LogP contribution in [-0.2, 0) is 6.18 Å². The van der Waals surface area contributed by atoms with Crippen LogP contribution in [0.3, 0.4) is 0 Å². The van der Waals surface area contributed by atoms with Crippen LogP contribution in [0, 0.1) is 5.82 Å². The average molecular weight is 325 g/mol. The van der Waals surface area contributed by atoms with Gasteiger partial charge in [-0.1, -0.05) is 16.8 Å². The van der Waals surface area contributed by atoms with Crippen molar-refractivity contribution in [3.63, 3.8) is 0 Å². The molecular formula is C11H5ClF4N2O3. The first kappa shape index (κ1) is 15.1. The van der Waals surface area contributed by atoms with Gasteiger partial charge in [-0.05, 0) is 18.2 Å². The largest absolute Gasteiger partial charge is 0.507 e. The number of benzene rings is 1. The van der Waals surface area contributed by atoms with E-state index < -0.39 is 45.8 Å². The van der Waals surface area contributed by atoms with Crippen LogP contribution < -0.4 is 5.32 Å². The van der Waals surface area contributed by atoms with Crippen LogP contribution in [0.5, 0.6) is 5.75 Å². The van der Waals surface area contributed by atoms with Crippen LogP contribution in [0.4, 0.5) is 23.4 Å². The van der Waals surface area contributed by atoms with E-state index in [0.717, 1.165) is 12.1 Å². The first-order chi connectivity index (χ1) is 9.70. The number of nitrogens with zero attached hydrogens (tertiary/aromatic N) is 1. The second-order valence-corrected chi connectivity index (χ2v) is 4.17. The number of phenolic OH excluding ortho intramolecular Hbond substituents is 1. The maximum absolute atomic E-state index is 13.0. The minimum absolute atomic E-state index is 0.504. The summed E-state index contributed by atoms with van der Waals surface area (Å²) in [6, 6.07) is 2.50. The van der Waals surface area contributed by atoms with Crippen molar-refractivity contribution in [3.8, 4) is 5.75 Å². The number of carbonyl (C=O) groups excluding carboxylic acids is 1. The van der Waals surface area contributed by atoms with E-state index in [1.807, 2.05) is 5.32 Å². The van der Waals surface area contributed by atoms with Gasteiger partial charge < -0.3 is 9.63 Å². The van der Waals surface area contributed by atoms with Crippen LogP contribution >= 0.6 is 11.6 Å². The SMILES string of the molecule is O=C(Nc1onc(C(F)(F)F)c1Cl)c1cc(F)ccc1O. The summed E-state index contributed by atoms with van der Waals surface area (Å²) in [6.45, 7) is 0. The highest BCUT2D eigenvalue weighted by molar-refractivity contribution is 6.34. The van der Waals surface area contributed by atoms with Crippen molar-refractivity contribution >= 4 is 23.4 Å². The number of aromatic nitrogens is 1. The van der Waals surface area contributed by atoms with Crippen LogP contribution in [0.2, 0.25) is 5.02 Å². The average Bonchev–Trinajstić information content (AvgIpc) is 2.73. The van der Waals surface area contributed by atoms with E-state index in [1.54, 1.807) is 0 Å². The lowest BCUT2D eigenvalue weighted by Crippen LogP contribution is -2.12. The Morgan fingerprint density at radius 1 is 1.38 bits per heavy atom. The summed E-state index contributed by atoms with van der Waals surface area (Å²) in [5.74, 6) is -3.27. The Hall–Kier alpha value is -2.29. The number of carbonyl (C=O) groups is 1. The molecule has 5 nitrogen and oxygen atoms in total. The first-order valence-corrected chi connectivity index (χ1v) is 5.60. The molecule has 0 radical (unpaired) electrons. The fourth-order valence-electron chi connectivity index (χ4n) is 1.39. The highest BCUT2D eigenvalue weighted by Gasteiger charge is 2.39. The summed E-state index contributed by atoms with van der Waals surface area (Å²) in [7, 11) is 0. The lowest BCUT2D eigenvalue weighted by atomic mass is 10.2. The Morgan fingerprint density at radius 3 is 2.62 bits per heavy atom. The molecule has 0 atom stereocenters. The minimum atomic E-state index is -4.86. The fourth-order valence-corrected chi connectivity index (χ4v) is 1.62. The fraction of sp³-hybridized carbons (Fsp3) is 0.0909. The minimum Gasteiger partial charge on any atom is -0.507 e. The van der Waals surface area contributed by atoms with E-state index in [9.17, 15) is 27.5 Å². The molecule has 0 saturated heterocycles. The van der Waals surface area contributed by atoms with Crippen molar-refractivity contribution in [2.45, 2.75) is 6.18 Å². The van der Waals surface area contributed by atoms with Crippen molar-refractivity contribution in [1.82, 2.24) is 5.16 Å². The quantitative estimate of drug-likeness (QED) is 0.830. The zero-order chi connectivity index (χ0) is 15.8. The van der Waals surface area contributed by atoms with Crippen LogP contribution in [-0.4, -0.2) is 16.2 Å². The number of hydrogen-bond donors (Lipinski definition) is 2. The molecule has 1 aromatic carbocycles. The third-order valence-corrected chi connectivity index (χ3v) is 2.68. The molecule has 1 amide bonds. The van der Waals surface area contributed by atoms with E-state index in [0.29, 0.717) is 6.07 Å². The van der Waals surface area contributed by atoms with Gasteiger partial charge in [0.25, 0.3) is 11.8 Å². The lowest BCUT2D eigenvalue weighted by Gasteiger charge is -2.04. The van der Waals surface area contributed by atoms with Crippen molar-refractivity contribution < 1.29 is 32.0 Å². The maximum atomic E-state index is 13.0. The summed E-state index contributed by atoms with van der Waals surface area (Å²) >= 11 is 5.38. The van der Waals surface area contributed by atoms with E-state index >= 15 is 0 Å². The van der Waals surface area contributed by atoms with Gasteiger partial charge in [-0.2, -0.15) is 13.2 Å². The van der Waals surface area contributed by atoms with Crippen molar-refractivity contribution in [2.75, 3.05) is 5.32 Å². The van der Waals surface area contributed by atoms with Gasteiger partial charge in [0.05, 0.1) is 5.56 Å². The van der Waals surface area contributed by atoms with E-state index in [2.05, 4.69) is 9.68 Å². The Bertz CT molecular complexity index is 699. The highest BCUT2D eigenvalue weighted by Crippen LogP contribution is 2.38. The van der Waals surface area contributed by atoms with Gasteiger partial charge in [-0.15, -0.1) is 0 Å². The van der Waals surface area contributed by atoms with Crippen LogP contribution in [0.1, 0.15) is 16.1 Å². The van der Waals surface area contributed by atoms with Gasteiger partial charge in [0.15, 0.2) is 0 Å². The molecule has 1 aromatic heterocycles. The summed E-state index contributed by atoms with van der Waals surface area (Å²) in [4.78, 5) is 11.7. The zero-order valence-corrected chi connectivity index (χ0v) is 10.6. The Labute approximate surface area is 119 Å². The molecule has 0 fully saturated rings. The number of nitrogens with one attached hydrogen (secondary N) is 1. The molecule has 1 heterocycles.